The number of nitrogens with zero attached hydrogens (tertiary/aromatic N) is 2. The predicted octanol–water partition coefficient (Wildman–Crippen LogP) is 4.43. The van der Waals surface area contributed by atoms with Crippen LogP contribution in [0, 0.1) is 0 Å². The van der Waals surface area contributed by atoms with Crippen LogP contribution < -0.4 is 16.2 Å². The number of anilines is 2. The summed E-state index contributed by atoms with van der Waals surface area (Å²) in [5.74, 6) is 5.80. The first-order valence-corrected chi connectivity index (χ1v) is 9.40. The number of fused-ring (bicyclic) bond motifs is 1. The Bertz CT molecular complexity index is 1070. The van der Waals surface area contributed by atoms with E-state index in [0.717, 1.165) is 22.2 Å². The fraction of sp³-hybridized carbons (Fsp3) is 0.0476. The quantitative estimate of drug-likeness (QED) is 0.308. The number of nitrogens with one attached hydrogen (secondary N) is 1. The van der Waals surface area contributed by atoms with E-state index in [4.69, 9.17) is 5.84 Å². The predicted molar refractivity (Wildman–Crippen MR) is 111 cm³/mol. The molecular weight excluding hydrogens is 356 g/mol. The van der Waals surface area contributed by atoms with Gasteiger partial charge in [-0.15, -0.1) is 11.3 Å². The number of benzene rings is 2. The molecule has 6 heteroatoms. The first kappa shape index (κ1) is 17.2. The molecule has 1 amide bonds. The number of hydrogen-bond acceptors (Lipinski definition) is 5. The van der Waals surface area contributed by atoms with Crippen LogP contribution in [-0.4, -0.2) is 10.9 Å². The van der Waals surface area contributed by atoms with Gasteiger partial charge in [0.25, 0.3) is 5.91 Å². The van der Waals surface area contributed by atoms with E-state index in [9.17, 15) is 4.79 Å². The molecule has 27 heavy (non-hydrogen) atoms. The first-order valence-electron chi connectivity index (χ1n) is 8.52. The highest BCUT2D eigenvalue weighted by Gasteiger charge is 2.19. The molecule has 0 saturated heterocycles. The standard InChI is InChI=1S/C21H18N4OS/c22-25(16-6-2-1-3-7-16)21(26)20-19(11-13-27-20)24-14-15-10-12-23-18-9-5-4-8-17(15)18/h1-13,24H,14,22H2. The van der Waals surface area contributed by atoms with Gasteiger partial charge in [0.05, 0.1) is 16.9 Å². The minimum atomic E-state index is -0.238. The lowest BCUT2D eigenvalue weighted by atomic mass is 10.1. The number of hydrogen-bond donors (Lipinski definition) is 2. The Hall–Kier alpha value is -3.22. The van der Waals surface area contributed by atoms with Crippen LogP contribution in [0.25, 0.3) is 10.9 Å². The van der Waals surface area contributed by atoms with Gasteiger partial charge in [-0.25, -0.2) is 10.9 Å². The fourth-order valence-electron chi connectivity index (χ4n) is 2.93. The molecule has 0 saturated carbocycles. The normalized spacial score (nSPS) is 10.7. The molecule has 0 spiro atoms. The van der Waals surface area contributed by atoms with Gasteiger partial charge >= 0.3 is 0 Å². The van der Waals surface area contributed by atoms with Gasteiger partial charge in [0.2, 0.25) is 0 Å². The van der Waals surface area contributed by atoms with Crippen LogP contribution in [0.5, 0.6) is 0 Å². The third-order valence-electron chi connectivity index (χ3n) is 4.32. The molecule has 0 unspecified atom stereocenters. The maximum atomic E-state index is 12.8. The average molecular weight is 374 g/mol. The van der Waals surface area contributed by atoms with Crippen molar-refractivity contribution in [3.8, 4) is 0 Å². The molecule has 2 heterocycles. The van der Waals surface area contributed by atoms with Gasteiger partial charge in [0.1, 0.15) is 4.88 Å². The molecule has 134 valence electrons. The molecule has 2 aromatic heterocycles. The van der Waals surface area contributed by atoms with Crippen molar-refractivity contribution in [1.29, 1.82) is 0 Å². The number of rotatable bonds is 5. The molecule has 0 fully saturated rings. The number of thiophene rings is 1. The smallest absolute Gasteiger partial charge is 0.284 e. The second kappa shape index (κ2) is 7.57. The molecule has 2 aromatic carbocycles. The number of nitrogens with two attached hydrogens (primary N) is 1. The summed E-state index contributed by atoms with van der Waals surface area (Å²) in [6.07, 6.45) is 1.80. The van der Waals surface area contributed by atoms with Crippen molar-refractivity contribution in [3.05, 3.63) is 88.7 Å². The van der Waals surface area contributed by atoms with Gasteiger partial charge in [0.15, 0.2) is 0 Å². The zero-order chi connectivity index (χ0) is 18.6. The molecule has 0 bridgehead atoms. The third-order valence-corrected chi connectivity index (χ3v) is 5.22. The van der Waals surface area contributed by atoms with E-state index in [1.54, 1.807) is 6.20 Å². The Balaban J connectivity index is 1.55. The molecule has 4 aromatic rings. The summed E-state index contributed by atoms with van der Waals surface area (Å²) < 4.78 is 0. The number of carbonyl (C=O) groups excluding carboxylic acids is 1. The SMILES string of the molecule is NN(C(=O)c1sccc1NCc1ccnc2ccccc12)c1ccccc1. The highest BCUT2D eigenvalue weighted by Crippen LogP contribution is 2.26. The van der Waals surface area contributed by atoms with E-state index in [1.807, 2.05) is 66.0 Å². The summed E-state index contributed by atoms with van der Waals surface area (Å²) in [5, 5.41) is 7.53. The maximum Gasteiger partial charge on any atom is 0.284 e. The second-order valence-electron chi connectivity index (χ2n) is 6.01. The van der Waals surface area contributed by atoms with Crippen LogP contribution in [0.3, 0.4) is 0 Å². The highest BCUT2D eigenvalue weighted by atomic mass is 32.1. The van der Waals surface area contributed by atoms with E-state index in [2.05, 4.69) is 16.4 Å². The van der Waals surface area contributed by atoms with E-state index < -0.39 is 0 Å². The van der Waals surface area contributed by atoms with Crippen molar-refractivity contribution >= 4 is 39.5 Å². The molecule has 0 atom stereocenters. The third kappa shape index (κ3) is 3.53. The van der Waals surface area contributed by atoms with Gasteiger partial charge in [0, 0.05) is 18.1 Å². The summed E-state index contributed by atoms with van der Waals surface area (Å²) >= 11 is 1.37. The molecule has 4 rings (SSSR count). The van der Waals surface area contributed by atoms with Crippen LogP contribution in [0.2, 0.25) is 0 Å². The zero-order valence-electron chi connectivity index (χ0n) is 14.5. The molecule has 0 radical (unpaired) electrons. The average Bonchev–Trinajstić information content (AvgIpc) is 3.20. The fourth-order valence-corrected chi connectivity index (χ4v) is 3.74. The molecule has 5 nitrogen and oxygen atoms in total. The first-order chi connectivity index (χ1) is 13.2. The number of para-hydroxylation sites is 2. The Kier molecular flexibility index (Phi) is 4.82. The van der Waals surface area contributed by atoms with Crippen LogP contribution in [0.1, 0.15) is 15.2 Å². The molecule has 0 aliphatic rings. The minimum Gasteiger partial charge on any atom is -0.380 e. The Morgan fingerprint density at radius 1 is 1.04 bits per heavy atom. The number of carbonyl (C=O) groups is 1. The lowest BCUT2D eigenvalue weighted by Crippen LogP contribution is -2.37. The summed E-state index contributed by atoms with van der Waals surface area (Å²) in [4.78, 5) is 17.8. The number of amides is 1. The zero-order valence-corrected chi connectivity index (χ0v) is 15.3. The topological polar surface area (TPSA) is 71.2 Å². The Labute approximate surface area is 161 Å². The molecule has 3 N–H and O–H groups in total. The van der Waals surface area contributed by atoms with Gasteiger partial charge < -0.3 is 5.32 Å². The van der Waals surface area contributed by atoms with E-state index in [0.29, 0.717) is 17.1 Å². The van der Waals surface area contributed by atoms with Crippen molar-refractivity contribution < 1.29 is 4.79 Å². The maximum absolute atomic E-state index is 12.8. The van der Waals surface area contributed by atoms with Gasteiger partial charge in [-0.1, -0.05) is 36.4 Å². The van der Waals surface area contributed by atoms with Crippen molar-refractivity contribution in [3.63, 3.8) is 0 Å². The minimum absolute atomic E-state index is 0.238. The van der Waals surface area contributed by atoms with Crippen LogP contribution in [0.15, 0.2) is 78.3 Å². The van der Waals surface area contributed by atoms with E-state index in [1.165, 1.54) is 16.3 Å². The number of hydrazine groups is 1. The monoisotopic (exact) mass is 374 g/mol. The Morgan fingerprint density at radius 3 is 2.67 bits per heavy atom. The van der Waals surface area contributed by atoms with Crippen LogP contribution in [-0.2, 0) is 6.54 Å². The van der Waals surface area contributed by atoms with Crippen LogP contribution in [0.4, 0.5) is 11.4 Å². The largest absolute Gasteiger partial charge is 0.380 e. The molecule has 0 aliphatic carbocycles. The van der Waals surface area contributed by atoms with Crippen LogP contribution >= 0.6 is 11.3 Å². The molecular formula is C21H18N4OS. The summed E-state index contributed by atoms with van der Waals surface area (Å²) in [5.41, 5.74) is 3.51. The lowest BCUT2D eigenvalue weighted by Gasteiger charge is -2.17. The lowest BCUT2D eigenvalue weighted by molar-refractivity contribution is 0.0991. The van der Waals surface area contributed by atoms with Crippen molar-refractivity contribution in [2.45, 2.75) is 6.54 Å². The molecule has 0 aliphatic heterocycles. The number of pyridine rings is 1. The van der Waals surface area contributed by atoms with Gasteiger partial charge in [-0.05, 0) is 41.3 Å². The van der Waals surface area contributed by atoms with Crippen molar-refractivity contribution in [2.24, 2.45) is 5.84 Å². The van der Waals surface area contributed by atoms with Crippen molar-refractivity contribution in [2.75, 3.05) is 10.3 Å². The van der Waals surface area contributed by atoms with Crippen molar-refractivity contribution in [1.82, 2.24) is 4.98 Å². The van der Waals surface area contributed by atoms with Gasteiger partial charge in [-0.3, -0.25) is 9.78 Å². The second-order valence-corrected chi connectivity index (χ2v) is 6.93. The Morgan fingerprint density at radius 2 is 1.81 bits per heavy atom. The summed E-state index contributed by atoms with van der Waals surface area (Å²) in [6, 6.07) is 21.1. The van der Waals surface area contributed by atoms with Gasteiger partial charge in [-0.2, -0.15) is 0 Å². The van der Waals surface area contributed by atoms with E-state index >= 15 is 0 Å². The highest BCUT2D eigenvalue weighted by molar-refractivity contribution is 7.12. The van der Waals surface area contributed by atoms with E-state index in [-0.39, 0.29) is 5.91 Å². The summed E-state index contributed by atoms with van der Waals surface area (Å²) in [6.45, 7) is 0.593. The number of aromatic nitrogens is 1. The summed E-state index contributed by atoms with van der Waals surface area (Å²) in [7, 11) is 0.